The van der Waals surface area contributed by atoms with Crippen LogP contribution in [0.2, 0.25) is 0 Å². The zero-order chi connectivity index (χ0) is 17.0. The van der Waals surface area contributed by atoms with Crippen LogP contribution in [-0.4, -0.2) is 32.3 Å². The van der Waals surface area contributed by atoms with Gasteiger partial charge in [0.25, 0.3) is 10.0 Å². The molecule has 0 radical (unpaired) electrons. The van der Waals surface area contributed by atoms with E-state index in [9.17, 15) is 8.42 Å². The first-order valence-corrected chi connectivity index (χ1v) is 8.84. The Morgan fingerprint density at radius 1 is 1.22 bits per heavy atom. The Morgan fingerprint density at radius 2 is 1.96 bits per heavy atom. The van der Waals surface area contributed by atoms with Crippen molar-refractivity contribution in [3.63, 3.8) is 0 Å². The fourth-order valence-corrected chi connectivity index (χ4v) is 3.41. The lowest BCUT2D eigenvalue weighted by atomic mass is 10.0. The van der Waals surface area contributed by atoms with Gasteiger partial charge in [0.2, 0.25) is 0 Å². The van der Waals surface area contributed by atoms with Crippen molar-refractivity contribution in [3.05, 3.63) is 42.2 Å². The van der Waals surface area contributed by atoms with Crippen LogP contribution in [0.1, 0.15) is 32.3 Å². The molecule has 0 amide bonds. The minimum Gasteiger partial charge on any atom is -0.494 e. The second kappa shape index (κ2) is 6.95. The molecule has 1 aromatic carbocycles. The molecule has 0 saturated heterocycles. The maximum absolute atomic E-state index is 12.8. The molecule has 7 heteroatoms. The summed E-state index contributed by atoms with van der Waals surface area (Å²) in [5.74, 6) is 0.870. The van der Waals surface area contributed by atoms with Crippen molar-refractivity contribution in [1.29, 1.82) is 0 Å². The lowest BCUT2D eigenvalue weighted by Crippen LogP contribution is -2.26. The SMILES string of the molecule is CCOc1ccc(S(=O)(=O)N(C)c2ccnnc2)cc1C(C)C. The molecule has 0 atom stereocenters. The summed E-state index contributed by atoms with van der Waals surface area (Å²) in [5, 5.41) is 7.38. The van der Waals surface area contributed by atoms with E-state index in [2.05, 4.69) is 10.2 Å². The van der Waals surface area contributed by atoms with Crippen LogP contribution < -0.4 is 9.04 Å². The number of aromatic nitrogens is 2. The summed E-state index contributed by atoms with van der Waals surface area (Å²) in [4.78, 5) is 0.226. The average Bonchev–Trinajstić information content (AvgIpc) is 2.55. The molecule has 0 unspecified atom stereocenters. The summed E-state index contributed by atoms with van der Waals surface area (Å²) in [5.41, 5.74) is 1.33. The maximum Gasteiger partial charge on any atom is 0.264 e. The predicted molar refractivity (Wildman–Crippen MR) is 89.3 cm³/mol. The van der Waals surface area contributed by atoms with Gasteiger partial charge in [0.05, 0.1) is 29.6 Å². The molecule has 2 rings (SSSR count). The van der Waals surface area contributed by atoms with Gasteiger partial charge in [0.1, 0.15) is 5.75 Å². The van der Waals surface area contributed by atoms with Gasteiger partial charge in [-0.05, 0) is 42.7 Å². The van der Waals surface area contributed by atoms with E-state index in [1.54, 1.807) is 24.3 Å². The van der Waals surface area contributed by atoms with Crippen molar-refractivity contribution in [2.75, 3.05) is 18.0 Å². The Bertz CT molecular complexity index is 761. The molecule has 2 aromatic rings. The highest BCUT2D eigenvalue weighted by molar-refractivity contribution is 7.92. The van der Waals surface area contributed by atoms with E-state index in [0.717, 1.165) is 11.3 Å². The van der Waals surface area contributed by atoms with E-state index in [4.69, 9.17) is 4.74 Å². The smallest absolute Gasteiger partial charge is 0.264 e. The van der Waals surface area contributed by atoms with Gasteiger partial charge in [-0.25, -0.2) is 8.42 Å². The summed E-state index contributed by atoms with van der Waals surface area (Å²) in [7, 11) is -2.17. The number of rotatable bonds is 6. The fraction of sp³-hybridized carbons (Fsp3) is 0.375. The van der Waals surface area contributed by atoms with Gasteiger partial charge in [-0.2, -0.15) is 10.2 Å². The Kier molecular flexibility index (Phi) is 5.20. The lowest BCUT2D eigenvalue weighted by Gasteiger charge is -2.20. The molecule has 0 saturated carbocycles. The van der Waals surface area contributed by atoms with Gasteiger partial charge >= 0.3 is 0 Å². The van der Waals surface area contributed by atoms with Crippen molar-refractivity contribution < 1.29 is 13.2 Å². The van der Waals surface area contributed by atoms with Crippen LogP contribution in [0, 0.1) is 0 Å². The Morgan fingerprint density at radius 3 is 2.52 bits per heavy atom. The van der Waals surface area contributed by atoms with E-state index < -0.39 is 10.0 Å². The van der Waals surface area contributed by atoms with E-state index >= 15 is 0 Å². The predicted octanol–water partition coefficient (Wildman–Crippen LogP) is 2.82. The maximum atomic E-state index is 12.8. The lowest BCUT2D eigenvalue weighted by molar-refractivity contribution is 0.335. The molecule has 0 aliphatic heterocycles. The van der Waals surface area contributed by atoms with E-state index in [-0.39, 0.29) is 10.8 Å². The average molecular weight is 335 g/mol. The molecule has 6 nitrogen and oxygen atoms in total. The summed E-state index contributed by atoms with van der Waals surface area (Å²) in [6, 6.07) is 6.56. The largest absolute Gasteiger partial charge is 0.494 e. The number of nitrogens with zero attached hydrogens (tertiary/aromatic N) is 3. The number of hydrogen-bond donors (Lipinski definition) is 0. The monoisotopic (exact) mass is 335 g/mol. The molecule has 0 N–H and O–H groups in total. The van der Waals surface area contributed by atoms with E-state index in [0.29, 0.717) is 12.3 Å². The van der Waals surface area contributed by atoms with Crippen molar-refractivity contribution >= 4 is 15.7 Å². The van der Waals surface area contributed by atoms with Gasteiger partial charge in [0.15, 0.2) is 0 Å². The van der Waals surface area contributed by atoms with Gasteiger partial charge in [-0.15, -0.1) is 0 Å². The molecule has 1 aromatic heterocycles. The number of ether oxygens (including phenoxy) is 1. The molecule has 0 fully saturated rings. The van der Waals surface area contributed by atoms with Crippen molar-refractivity contribution in [1.82, 2.24) is 10.2 Å². The van der Waals surface area contributed by atoms with E-state index in [1.165, 1.54) is 23.7 Å². The first-order chi connectivity index (χ1) is 10.9. The third kappa shape index (κ3) is 3.61. The summed E-state index contributed by atoms with van der Waals surface area (Å²) >= 11 is 0. The van der Waals surface area contributed by atoms with Crippen LogP contribution in [0.15, 0.2) is 41.6 Å². The fourth-order valence-electron chi connectivity index (χ4n) is 2.19. The minimum absolute atomic E-state index is 0.152. The molecular weight excluding hydrogens is 314 g/mol. The zero-order valence-corrected chi connectivity index (χ0v) is 14.5. The van der Waals surface area contributed by atoms with Gasteiger partial charge in [0, 0.05) is 7.05 Å². The molecular formula is C16H21N3O3S. The Hall–Kier alpha value is -2.15. The molecule has 0 spiro atoms. The van der Waals surface area contributed by atoms with Crippen LogP contribution in [0.4, 0.5) is 5.69 Å². The number of hydrogen-bond acceptors (Lipinski definition) is 5. The molecule has 1 heterocycles. The first kappa shape index (κ1) is 17.2. The number of sulfonamides is 1. The molecule has 23 heavy (non-hydrogen) atoms. The van der Waals surface area contributed by atoms with Crippen LogP contribution >= 0.6 is 0 Å². The molecule has 0 aliphatic rings. The highest BCUT2D eigenvalue weighted by atomic mass is 32.2. The number of anilines is 1. The second-order valence-corrected chi connectivity index (χ2v) is 7.33. The molecule has 0 aliphatic carbocycles. The Labute approximate surface area is 137 Å². The minimum atomic E-state index is -3.67. The highest BCUT2D eigenvalue weighted by Crippen LogP contribution is 2.31. The summed E-state index contributed by atoms with van der Waals surface area (Å²) < 4.78 is 32.4. The van der Waals surface area contributed by atoms with Crippen LogP contribution in [0.3, 0.4) is 0 Å². The van der Waals surface area contributed by atoms with Crippen molar-refractivity contribution in [2.45, 2.75) is 31.6 Å². The normalized spacial score (nSPS) is 11.5. The van der Waals surface area contributed by atoms with Gasteiger partial charge in [-0.1, -0.05) is 13.8 Å². The standard InChI is InChI=1S/C16H21N3O3S/c1-5-22-16-7-6-14(10-15(16)12(2)3)23(20,21)19(4)13-8-9-17-18-11-13/h6-12H,5H2,1-4H3. The zero-order valence-electron chi connectivity index (χ0n) is 13.7. The van der Waals surface area contributed by atoms with Crippen molar-refractivity contribution in [3.8, 4) is 5.75 Å². The topological polar surface area (TPSA) is 72.4 Å². The van der Waals surface area contributed by atoms with Gasteiger partial charge in [-0.3, -0.25) is 4.31 Å². The summed E-state index contributed by atoms with van der Waals surface area (Å²) in [6.07, 6.45) is 2.87. The van der Waals surface area contributed by atoms with E-state index in [1.807, 2.05) is 20.8 Å². The quantitative estimate of drug-likeness (QED) is 0.811. The molecule has 124 valence electrons. The first-order valence-electron chi connectivity index (χ1n) is 7.40. The number of benzene rings is 1. The van der Waals surface area contributed by atoms with Crippen LogP contribution in [0.25, 0.3) is 0 Å². The molecule has 0 bridgehead atoms. The highest BCUT2D eigenvalue weighted by Gasteiger charge is 2.23. The van der Waals surface area contributed by atoms with Crippen molar-refractivity contribution in [2.24, 2.45) is 0 Å². The Balaban J connectivity index is 2.46. The van der Waals surface area contributed by atoms with Crippen LogP contribution in [0.5, 0.6) is 5.75 Å². The third-order valence-electron chi connectivity index (χ3n) is 3.49. The summed E-state index contributed by atoms with van der Waals surface area (Å²) in [6.45, 7) is 6.45. The second-order valence-electron chi connectivity index (χ2n) is 5.36. The third-order valence-corrected chi connectivity index (χ3v) is 5.28. The van der Waals surface area contributed by atoms with Crippen LogP contribution in [-0.2, 0) is 10.0 Å². The van der Waals surface area contributed by atoms with Gasteiger partial charge < -0.3 is 4.74 Å².